The second kappa shape index (κ2) is 5.69. The van der Waals surface area contributed by atoms with Gasteiger partial charge in [-0.3, -0.25) is 4.79 Å². The van der Waals surface area contributed by atoms with Gasteiger partial charge in [0.25, 0.3) is 5.91 Å². The van der Waals surface area contributed by atoms with E-state index in [4.69, 9.17) is 0 Å². The van der Waals surface area contributed by atoms with Crippen molar-refractivity contribution in [2.24, 2.45) is 5.92 Å². The molecule has 1 aromatic rings. The molecular weight excluding hydrogens is 393 g/mol. The average Bonchev–Trinajstić information content (AvgIpc) is 2.32. The first-order valence-corrected chi connectivity index (χ1v) is 7.77. The maximum Gasteiger partial charge on any atom is 0.254 e. The van der Waals surface area contributed by atoms with Gasteiger partial charge in [0, 0.05) is 21.5 Å². The molecule has 0 bridgehead atoms. The highest BCUT2D eigenvalue weighted by Gasteiger charge is 2.28. The van der Waals surface area contributed by atoms with E-state index in [9.17, 15) is 4.79 Å². The number of carbonyl (C=O) groups is 1. The molecule has 17 heavy (non-hydrogen) atoms. The zero-order valence-corrected chi connectivity index (χ0v) is 13.4. The van der Waals surface area contributed by atoms with E-state index in [0.717, 1.165) is 28.6 Å². The van der Waals surface area contributed by atoms with Crippen molar-refractivity contribution < 1.29 is 4.79 Å². The second-order valence-corrected chi connectivity index (χ2v) is 6.85. The monoisotopic (exact) mass is 407 g/mol. The SMILES string of the molecule is CC1CN(C(=O)c2ccccc2I)CCC1Br. The van der Waals surface area contributed by atoms with Gasteiger partial charge in [0.15, 0.2) is 0 Å². The molecule has 1 heterocycles. The Morgan fingerprint density at radius 2 is 2.18 bits per heavy atom. The molecule has 1 amide bonds. The molecule has 1 aliphatic heterocycles. The zero-order valence-electron chi connectivity index (χ0n) is 9.70. The van der Waals surface area contributed by atoms with Crippen molar-refractivity contribution >= 4 is 44.4 Å². The number of piperidine rings is 1. The van der Waals surface area contributed by atoms with Crippen molar-refractivity contribution in [2.75, 3.05) is 13.1 Å². The topological polar surface area (TPSA) is 20.3 Å². The van der Waals surface area contributed by atoms with Gasteiger partial charge in [-0.1, -0.05) is 35.0 Å². The van der Waals surface area contributed by atoms with Crippen LogP contribution in [-0.2, 0) is 0 Å². The summed E-state index contributed by atoms with van der Waals surface area (Å²) in [7, 11) is 0. The highest BCUT2D eigenvalue weighted by atomic mass is 127. The number of nitrogens with zero attached hydrogens (tertiary/aromatic N) is 1. The highest BCUT2D eigenvalue weighted by Crippen LogP contribution is 2.25. The molecule has 2 rings (SSSR count). The van der Waals surface area contributed by atoms with Crippen LogP contribution in [0.5, 0.6) is 0 Å². The van der Waals surface area contributed by atoms with Crippen molar-refractivity contribution in [1.29, 1.82) is 0 Å². The van der Waals surface area contributed by atoms with E-state index in [1.54, 1.807) is 0 Å². The number of likely N-dealkylation sites (tertiary alicyclic amines) is 1. The maximum atomic E-state index is 12.4. The van der Waals surface area contributed by atoms with Crippen LogP contribution in [-0.4, -0.2) is 28.7 Å². The summed E-state index contributed by atoms with van der Waals surface area (Å²) in [6, 6.07) is 7.78. The molecule has 1 saturated heterocycles. The highest BCUT2D eigenvalue weighted by molar-refractivity contribution is 14.1. The molecule has 1 aromatic carbocycles. The van der Waals surface area contributed by atoms with Crippen LogP contribution >= 0.6 is 38.5 Å². The van der Waals surface area contributed by atoms with Crippen LogP contribution in [0.1, 0.15) is 23.7 Å². The maximum absolute atomic E-state index is 12.4. The summed E-state index contributed by atoms with van der Waals surface area (Å²) in [5, 5.41) is 0. The Labute approximate surface area is 124 Å². The summed E-state index contributed by atoms with van der Waals surface area (Å²) in [5.74, 6) is 0.690. The van der Waals surface area contributed by atoms with Crippen molar-refractivity contribution in [1.82, 2.24) is 4.90 Å². The van der Waals surface area contributed by atoms with Gasteiger partial charge in [-0.2, -0.15) is 0 Å². The summed E-state index contributed by atoms with van der Waals surface area (Å²) in [5.41, 5.74) is 0.827. The second-order valence-electron chi connectivity index (χ2n) is 4.51. The molecule has 0 radical (unpaired) electrons. The molecule has 0 aliphatic carbocycles. The third-order valence-electron chi connectivity index (χ3n) is 3.19. The number of hydrogen-bond donors (Lipinski definition) is 0. The molecule has 2 unspecified atom stereocenters. The van der Waals surface area contributed by atoms with Crippen molar-refractivity contribution in [3.8, 4) is 0 Å². The number of amides is 1. The van der Waals surface area contributed by atoms with Gasteiger partial charge in [-0.05, 0) is 47.1 Å². The number of carbonyl (C=O) groups excluding carboxylic acids is 1. The van der Waals surface area contributed by atoms with Gasteiger partial charge >= 0.3 is 0 Å². The first-order valence-electron chi connectivity index (χ1n) is 5.77. The van der Waals surface area contributed by atoms with E-state index in [1.807, 2.05) is 29.2 Å². The van der Waals surface area contributed by atoms with Crippen molar-refractivity contribution in [3.63, 3.8) is 0 Å². The summed E-state index contributed by atoms with van der Waals surface area (Å²) in [6.45, 7) is 3.89. The first kappa shape index (κ1) is 13.3. The van der Waals surface area contributed by atoms with Crippen LogP contribution in [0.15, 0.2) is 24.3 Å². The fourth-order valence-corrected chi connectivity index (χ4v) is 3.10. The molecule has 1 aliphatic rings. The minimum Gasteiger partial charge on any atom is -0.338 e. The van der Waals surface area contributed by atoms with Gasteiger partial charge in [-0.25, -0.2) is 0 Å². The molecule has 2 nitrogen and oxygen atoms in total. The Morgan fingerprint density at radius 3 is 2.82 bits per heavy atom. The third kappa shape index (κ3) is 3.02. The Balaban J connectivity index is 2.14. The van der Waals surface area contributed by atoms with E-state index in [0.29, 0.717) is 10.7 Å². The number of halogens is 2. The van der Waals surface area contributed by atoms with Crippen LogP contribution in [0, 0.1) is 9.49 Å². The lowest BCUT2D eigenvalue weighted by atomic mass is 9.99. The van der Waals surface area contributed by atoms with Gasteiger partial charge in [0.1, 0.15) is 0 Å². The van der Waals surface area contributed by atoms with Gasteiger partial charge in [-0.15, -0.1) is 0 Å². The zero-order chi connectivity index (χ0) is 12.4. The molecule has 4 heteroatoms. The Bertz CT molecular complexity index is 424. The van der Waals surface area contributed by atoms with Gasteiger partial charge < -0.3 is 4.90 Å². The van der Waals surface area contributed by atoms with E-state index in [2.05, 4.69) is 45.4 Å². The first-order chi connectivity index (χ1) is 8.09. The van der Waals surface area contributed by atoms with Gasteiger partial charge in [0.2, 0.25) is 0 Å². The lowest BCUT2D eigenvalue weighted by Crippen LogP contribution is -2.43. The summed E-state index contributed by atoms with van der Waals surface area (Å²) < 4.78 is 1.03. The molecule has 1 fully saturated rings. The summed E-state index contributed by atoms with van der Waals surface area (Å²) in [6.07, 6.45) is 1.04. The molecule has 0 spiro atoms. The minimum atomic E-state index is 0.168. The fraction of sp³-hybridized carbons (Fsp3) is 0.462. The molecule has 92 valence electrons. The average molecular weight is 408 g/mol. The van der Waals surface area contributed by atoms with E-state index < -0.39 is 0 Å². The summed E-state index contributed by atoms with van der Waals surface area (Å²) in [4.78, 5) is 14.9. The van der Waals surface area contributed by atoms with Crippen LogP contribution in [0.4, 0.5) is 0 Å². The minimum absolute atomic E-state index is 0.168. The van der Waals surface area contributed by atoms with Crippen LogP contribution in [0.2, 0.25) is 0 Å². The number of benzene rings is 1. The summed E-state index contributed by atoms with van der Waals surface area (Å²) >= 11 is 5.89. The van der Waals surface area contributed by atoms with E-state index in [-0.39, 0.29) is 5.91 Å². The molecule has 0 aromatic heterocycles. The van der Waals surface area contributed by atoms with Crippen molar-refractivity contribution in [2.45, 2.75) is 18.2 Å². The lowest BCUT2D eigenvalue weighted by molar-refractivity contribution is 0.0689. The smallest absolute Gasteiger partial charge is 0.254 e. The van der Waals surface area contributed by atoms with Crippen molar-refractivity contribution in [3.05, 3.63) is 33.4 Å². The molecular formula is C13H15BrINO. The predicted molar refractivity (Wildman–Crippen MR) is 81.6 cm³/mol. The molecule has 0 saturated carbocycles. The number of hydrogen-bond acceptors (Lipinski definition) is 1. The quantitative estimate of drug-likeness (QED) is 0.515. The van der Waals surface area contributed by atoms with Crippen LogP contribution < -0.4 is 0 Å². The molecule has 0 N–H and O–H groups in total. The Hall–Kier alpha value is -0.100. The van der Waals surface area contributed by atoms with Crippen LogP contribution in [0.3, 0.4) is 0 Å². The van der Waals surface area contributed by atoms with Crippen LogP contribution in [0.25, 0.3) is 0 Å². The Kier molecular flexibility index (Phi) is 4.47. The number of rotatable bonds is 1. The Morgan fingerprint density at radius 1 is 1.47 bits per heavy atom. The normalized spacial score (nSPS) is 24.8. The number of alkyl halides is 1. The fourth-order valence-electron chi connectivity index (χ4n) is 2.11. The largest absolute Gasteiger partial charge is 0.338 e. The molecule has 2 atom stereocenters. The predicted octanol–water partition coefficient (Wildman–Crippen LogP) is 3.54. The third-order valence-corrected chi connectivity index (χ3v) is 5.49. The van der Waals surface area contributed by atoms with E-state index >= 15 is 0 Å². The van der Waals surface area contributed by atoms with E-state index in [1.165, 1.54) is 0 Å². The standard InChI is InChI=1S/C13H15BrINO/c1-9-8-16(7-6-11(9)14)13(17)10-4-2-3-5-12(10)15/h2-5,9,11H,6-8H2,1H3. The van der Waals surface area contributed by atoms with Gasteiger partial charge in [0.05, 0.1) is 5.56 Å². The lowest BCUT2D eigenvalue weighted by Gasteiger charge is -2.34.